The third-order valence-electron chi connectivity index (χ3n) is 6.86. The quantitative estimate of drug-likeness (QED) is 0.519. The van der Waals surface area contributed by atoms with Crippen LogP contribution in [-0.2, 0) is 35.1 Å². The standard InChI is InChI=1S/C21H21F3N4O7S/c22-21(23,24)13-5-11(27-3-4-35-9-17(27)29)1-2-15(13)36(33,34)12-6-14(18(30)31)28(8-12)16-7-20(16,10-25)19(26)32/h1-2,5,12,14,16H,3-4,6-9H2,(H2,26,32)(H,30,31)/t12-,14+,16?,20?/m1/s1. The third kappa shape index (κ3) is 4.18. The van der Waals surface area contributed by atoms with Crippen molar-refractivity contribution in [3.63, 3.8) is 0 Å². The van der Waals surface area contributed by atoms with Crippen LogP contribution >= 0.6 is 0 Å². The van der Waals surface area contributed by atoms with E-state index in [2.05, 4.69) is 0 Å². The number of ether oxygens (including phenoxy) is 1. The van der Waals surface area contributed by atoms with Crippen LogP contribution in [0.2, 0.25) is 0 Å². The number of aliphatic carboxylic acids is 1. The normalized spacial score (nSPS) is 29.1. The van der Waals surface area contributed by atoms with Crippen LogP contribution in [0.3, 0.4) is 0 Å². The Morgan fingerprint density at radius 3 is 2.53 bits per heavy atom. The van der Waals surface area contributed by atoms with Crippen molar-refractivity contribution in [2.75, 3.05) is 31.2 Å². The molecule has 3 N–H and O–H groups in total. The van der Waals surface area contributed by atoms with Crippen molar-refractivity contribution in [1.29, 1.82) is 5.26 Å². The Morgan fingerprint density at radius 1 is 1.31 bits per heavy atom. The lowest BCUT2D eigenvalue weighted by atomic mass is 10.1. The lowest BCUT2D eigenvalue weighted by Crippen LogP contribution is -2.42. The fourth-order valence-corrected chi connectivity index (χ4v) is 6.75. The lowest BCUT2D eigenvalue weighted by Gasteiger charge is -2.28. The van der Waals surface area contributed by atoms with Gasteiger partial charge < -0.3 is 20.5 Å². The number of primary amides is 1. The molecule has 2 amide bonds. The number of morpholine rings is 1. The number of carbonyl (C=O) groups is 3. The second-order valence-corrected chi connectivity index (χ2v) is 11.1. The maximum absolute atomic E-state index is 14.0. The first-order valence-electron chi connectivity index (χ1n) is 10.8. The summed E-state index contributed by atoms with van der Waals surface area (Å²) < 4.78 is 73.7. The van der Waals surface area contributed by atoms with Crippen LogP contribution in [0.4, 0.5) is 18.9 Å². The van der Waals surface area contributed by atoms with Crippen LogP contribution in [0.15, 0.2) is 23.1 Å². The maximum atomic E-state index is 14.0. The van der Waals surface area contributed by atoms with Crippen LogP contribution in [0.1, 0.15) is 18.4 Å². The molecule has 36 heavy (non-hydrogen) atoms. The van der Waals surface area contributed by atoms with E-state index in [-0.39, 0.29) is 31.9 Å². The predicted molar refractivity (Wildman–Crippen MR) is 114 cm³/mol. The number of nitrogens with zero attached hydrogens (tertiary/aromatic N) is 3. The summed E-state index contributed by atoms with van der Waals surface area (Å²) in [5, 5.41) is 17.4. The Labute approximate surface area is 203 Å². The highest BCUT2D eigenvalue weighted by atomic mass is 32.2. The highest BCUT2D eigenvalue weighted by Gasteiger charge is 2.66. The number of likely N-dealkylation sites (tertiary alicyclic amines) is 1. The number of benzene rings is 1. The summed E-state index contributed by atoms with van der Waals surface area (Å²) in [7, 11) is -4.74. The van der Waals surface area contributed by atoms with Gasteiger partial charge in [0.25, 0.3) is 5.91 Å². The second kappa shape index (κ2) is 8.71. The summed E-state index contributed by atoms with van der Waals surface area (Å²) in [6.45, 7) is -0.742. The maximum Gasteiger partial charge on any atom is 0.417 e. The molecule has 3 fully saturated rings. The largest absolute Gasteiger partial charge is 0.480 e. The van der Waals surface area contributed by atoms with Crippen molar-refractivity contribution in [2.45, 2.75) is 41.2 Å². The van der Waals surface area contributed by atoms with Crippen LogP contribution in [0, 0.1) is 16.7 Å². The molecule has 194 valence electrons. The minimum atomic E-state index is -5.10. The molecule has 4 atom stereocenters. The van der Waals surface area contributed by atoms with Gasteiger partial charge >= 0.3 is 12.1 Å². The zero-order valence-electron chi connectivity index (χ0n) is 18.6. The van der Waals surface area contributed by atoms with E-state index in [4.69, 9.17) is 10.5 Å². The monoisotopic (exact) mass is 530 g/mol. The molecule has 4 rings (SSSR count). The van der Waals surface area contributed by atoms with Crippen molar-refractivity contribution in [3.05, 3.63) is 23.8 Å². The predicted octanol–water partition coefficient (Wildman–Crippen LogP) is 0.137. The molecule has 0 radical (unpaired) electrons. The number of alkyl halides is 3. The van der Waals surface area contributed by atoms with E-state index in [0.717, 1.165) is 21.9 Å². The molecule has 11 nitrogen and oxygen atoms in total. The average Bonchev–Trinajstić information content (AvgIpc) is 3.39. The minimum absolute atomic E-state index is 0.0119. The first kappa shape index (κ1) is 25.9. The third-order valence-corrected chi connectivity index (χ3v) is 9.05. The number of hydrogen-bond acceptors (Lipinski definition) is 8. The van der Waals surface area contributed by atoms with Crippen molar-refractivity contribution < 1.29 is 45.8 Å². The summed E-state index contributed by atoms with van der Waals surface area (Å²) >= 11 is 0. The van der Waals surface area contributed by atoms with Gasteiger partial charge in [-0.2, -0.15) is 18.4 Å². The second-order valence-electron chi connectivity index (χ2n) is 8.90. The number of carboxylic acid groups (broad SMARTS) is 1. The molecule has 2 unspecified atom stereocenters. The van der Waals surface area contributed by atoms with Crippen molar-refractivity contribution in [2.24, 2.45) is 11.1 Å². The number of anilines is 1. The molecule has 1 aromatic carbocycles. The highest BCUT2D eigenvalue weighted by molar-refractivity contribution is 7.92. The summed E-state index contributed by atoms with van der Waals surface area (Å²) in [6, 6.07) is 1.76. The van der Waals surface area contributed by atoms with E-state index >= 15 is 0 Å². The Bertz CT molecular complexity index is 1280. The van der Waals surface area contributed by atoms with Crippen LogP contribution in [-0.4, -0.2) is 79.8 Å². The topological polar surface area (TPSA) is 171 Å². The molecular weight excluding hydrogens is 509 g/mol. The van der Waals surface area contributed by atoms with E-state index in [1.54, 1.807) is 6.07 Å². The highest BCUT2D eigenvalue weighted by Crippen LogP contribution is 2.52. The number of hydrogen-bond donors (Lipinski definition) is 2. The molecule has 1 aromatic rings. The first-order valence-corrected chi connectivity index (χ1v) is 12.3. The molecule has 3 aliphatic rings. The smallest absolute Gasteiger partial charge is 0.417 e. The molecule has 15 heteroatoms. The summed E-state index contributed by atoms with van der Waals surface area (Å²) in [5.41, 5.74) is 1.95. The minimum Gasteiger partial charge on any atom is -0.480 e. The Hall–Kier alpha value is -3.22. The Morgan fingerprint density at radius 2 is 2.00 bits per heavy atom. The van der Waals surface area contributed by atoms with Gasteiger partial charge in [0, 0.05) is 24.8 Å². The van der Waals surface area contributed by atoms with Gasteiger partial charge in [0.15, 0.2) is 15.3 Å². The molecule has 2 heterocycles. The SMILES string of the molecule is N#CC1(C(N)=O)CC1N1C[C@H](S(=O)(=O)c2ccc(N3CCOCC3=O)cc2C(F)(F)F)C[C@H]1C(=O)O. The molecule has 2 aliphatic heterocycles. The fraction of sp³-hybridized carbons (Fsp3) is 0.524. The zero-order chi connectivity index (χ0) is 26.6. The number of carboxylic acids is 1. The van der Waals surface area contributed by atoms with E-state index in [1.165, 1.54) is 0 Å². The number of nitrogens with two attached hydrogens (primary N) is 1. The molecular formula is C21H21F3N4O7S. The first-order chi connectivity index (χ1) is 16.7. The van der Waals surface area contributed by atoms with Gasteiger partial charge in [-0.1, -0.05) is 0 Å². The Kier molecular flexibility index (Phi) is 6.26. The van der Waals surface area contributed by atoms with Gasteiger partial charge in [-0.3, -0.25) is 19.3 Å². The van der Waals surface area contributed by atoms with Crippen LogP contribution < -0.4 is 10.6 Å². The van der Waals surface area contributed by atoms with Gasteiger partial charge in [0.05, 0.1) is 28.4 Å². The molecule has 2 saturated heterocycles. The lowest BCUT2D eigenvalue weighted by molar-refractivity contribution is -0.143. The van der Waals surface area contributed by atoms with Crippen LogP contribution in [0.5, 0.6) is 0 Å². The number of halogens is 3. The molecule has 1 saturated carbocycles. The summed E-state index contributed by atoms with van der Waals surface area (Å²) in [4.78, 5) is 36.8. The van der Waals surface area contributed by atoms with Crippen molar-refractivity contribution in [3.8, 4) is 6.07 Å². The molecule has 0 aromatic heterocycles. The van der Waals surface area contributed by atoms with E-state index in [9.17, 15) is 46.3 Å². The average molecular weight is 530 g/mol. The van der Waals surface area contributed by atoms with Gasteiger partial charge in [-0.25, -0.2) is 8.42 Å². The van der Waals surface area contributed by atoms with Crippen molar-refractivity contribution >= 4 is 33.3 Å². The summed E-state index contributed by atoms with van der Waals surface area (Å²) in [5.74, 6) is -3.01. The van der Waals surface area contributed by atoms with Crippen LogP contribution in [0.25, 0.3) is 0 Å². The van der Waals surface area contributed by atoms with E-state index in [0.29, 0.717) is 6.07 Å². The number of rotatable bonds is 6. The summed E-state index contributed by atoms with van der Waals surface area (Å²) in [6.07, 6.45) is -5.75. The van der Waals surface area contributed by atoms with Gasteiger partial charge in [-0.15, -0.1) is 0 Å². The molecule has 0 bridgehead atoms. The molecule has 0 spiro atoms. The fourth-order valence-electron chi connectivity index (χ4n) is 4.85. The Balaban J connectivity index is 1.70. The van der Waals surface area contributed by atoms with E-state index in [1.807, 2.05) is 0 Å². The molecule has 1 aliphatic carbocycles. The van der Waals surface area contributed by atoms with Crippen molar-refractivity contribution in [1.82, 2.24) is 4.90 Å². The van der Waals surface area contributed by atoms with Gasteiger partial charge in [-0.05, 0) is 31.0 Å². The zero-order valence-corrected chi connectivity index (χ0v) is 19.4. The number of carbonyl (C=O) groups excluding carboxylic acids is 2. The number of sulfone groups is 1. The van der Waals surface area contributed by atoms with Gasteiger partial charge in [0.2, 0.25) is 5.91 Å². The van der Waals surface area contributed by atoms with Gasteiger partial charge in [0.1, 0.15) is 12.6 Å². The van der Waals surface area contributed by atoms with E-state index < -0.39 is 80.0 Å². The number of amides is 2. The number of nitriles is 1.